The maximum Gasteiger partial charge on any atom is 0.222 e. The van der Waals surface area contributed by atoms with E-state index < -0.39 is 0 Å². The van der Waals surface area contributed by atoms with Gasteiger partial charge in [-0.3, -0.25) is 4.79 Å². The number of aliphatic hydroxyl groups is 1. The number of aryl methyl sites for hydroxylation is 4. The molecule has 1 heterocycles. The molecule has 2 aromatic carbocycles. The summed E-state index contributed by atoms with van der Waals surface area (Å²) in [7, 11) is 0. The average Bonchev–Trinajstić information content (AvgIpc) is 2.72. The fourth-order valence-electron chi connectivity index (χ4n) is 4.77. The number of likely N-dealkylation sites (tertiary alicyclic amines) is 1. The summed E-state index contributed by atoms with van der Waals surface area (Å²) in [5.41, 5.74) is 4.95. The summed E-state index contributed by atoms with van der Waals surface area (Å²) in [6, 6.07) is 17.0. The Morgan fingerprint density at radius 3 is 2.45 bits per heavy atom. The molecule has 0 bridgehead atoms. The molecule has 1 saturated heterocycles. The summed E-state index contributed by atoms with van der Waals surface area (Å²) >= 11 is 0. The first-order valence-corrected chi connectivity index (χ1v) is 11.0. The first-order valence-electron chi connectivity index (χ1n) is 11.0. The Morgan fingerprint density at radius 2 is 1.76 bits per heavy atom. The van der Waals surface area contributed by atoms with E-state index in [-0.39, 0.29) is 17.9 Å². The molecular weight excluding hydrogens is 358 g/mol. The number of carbonyl (C=O) groups is 1. The van der Waals surface area contributed by atoms with Gasteiger partial charge in [0.2, 0.25) is 5.91 Å². The molecule has 1 atom stereocenters. The van der Waals surface area contributed by atoms with Crippen LogP contribution in [0.1, 0.15) is 54.4 Å². The van der Waals surface area contributed by atoms with Crippen LogP contribution in [-0.4, -0.2) is 35.6 Å². The Kier molecular flexibility index (Phi) is 7.49. The molecule has 0 radical (unpaired) electrons. The van der Waals surface area contributed by atoms with E-state index in [9.17, 15) is 9.90 Å². The Labute approximate surface area is 175 Å². The lowest BCUT2D eigenvalue weighted by Crippen LogP contribution is -2.48. The zero-order valence-corrected chi connectivity index (χ0v) is 18.0. The molecule has 3 heteroatoms. The lowest BCUT2D eigenvalue weighted by Gasteiger charge is -2.42. The highest BCUT2D eigenvalue weighted by atomic mass is 16.3. The van der Waals surface area contributed by atoms with Gasteiger partial charge in [0.1, 0.15) is 0 Å². The van der Waals surface area contributed by atoms with Crippen LogP contribution in [0.4, 0.5) is 0 Å². The number of benzene rings is 2. The van der Waals surface area contributed by atoms with Crippen molar-refractivity contribution in [3.8, 4) is 0 Å². The van der Waals surface area contributed by atoms with Gasteiger partial charge in [0.15, 0.2) is 0 Å². The zero-order valence-electron chi connectivity index (χ0n) is 18.0. The number of nitrogens with zero attached hydrogens (tertiary/aromatic N) is 1. The van der Waals surface area contributed by atoms with Crippen molar-refractivity contribution < 1.29 is 9.90 Å². The first-order chi connectivity index (χ1) is 14.0. The van der Waals surface area contributed by atoms with Crippen LogP contribution in [0.3, 0.4) is 0 Å². The SMILES string of the molecule is Cc1cc(C)cc(CCC(=O)N2CCC[C@@](CO)(CCCc3ccccc3)C2)c1. The number of hydrogen-bond acceptors (Lipinski definition) is 2. The van der Waals surface area contributed by atoms with Crippen molar-refractivity contribution in [3.63, 3.8) is 0 Å². The van der Waals surface area contributed by atoms with Crippen molar-refractivity contribution in [3.05, 3.63) is 70.8 Å². The van der Waals surface area contributed by atoms with E-state index >= 15 is 0 Å². The monoisotopic (exact) mass is 393 g/mol. The van der Waals surface area contributed by atoms with Crippen LogP contribution in [0.25, 0.3) is 0 Å². The normalized spacial score (nSPS) is 19.3. The van der Waals surface area contributed by atoms with Crippen molar-refractivity contribution >= 4 is 5.91 Å². The molecular formula is C26H35NO2. The molecule has 1 aliphatic heterocycles. The summed E-state index contributed by atoms with van der Waals surface area (Å²) < 4.78 is 0. The summed E-state index contributed by atoms with van der Waals surface area (Å²) in [6.45, 7) is 5.90. The third-order valence-electron chi connectivity index (χ3n) is 6.27. The first kappa shape index (κ1) is 21.6. The smallest absolute Gasteiger partial charge is 0.222 e. The molecule has 3 rings (SSSR count). The third kappa shape index (κ3) is 6.17. The molecule has 3 nitrogen and oxygen atoms in total. The zero-order chi connectivity index (χ0) is 20.7. The van der Waals surface area contributed by atoms with Gasteiger partial charge >= 0.3 is 0 Å². The minimum atomic E-state index is -0.136. The second-order valence-electron chi connectivity index (χ2n) is 8.91. The summed E-state index contributed by atoms with van der Waals surface area (Å²) in [4.78, 5) is 14.9. The highest BCUT2D eigenvalue weighted by Crippen LogP contribution is 2.35. The molecule has 156 valence electrons. The van der Waals surface area contributed by atoms with Gasteiger partial charge < -0.3 is 10.0 Å². The molecule has 29 heavy (non-hydrogen) atoms. The fourth-order valence-corrected chi connectivity index (χ4v) is 4.77. The van der Waals surface area contributed by atoms with Gasteiger partial charge in [0, 0.05) is 24.9 Å². The molecule has 0 spiro atoms. The van der Waals surface area contributed by atoms with Crippen LogP contribution in [0.5, 0.6) is 0 Å². The standard InChI is InChI=1S/C26H35NO2/c1-21-16-22(2)18-24(17-21)11-12-25(29)27-15-7-14-26(19-27,20-28)13-6-10-23-8-4-3-5-9-23/h3-5,8-9,16-18,28H,6-7,10-15,19-20H2,1-2H3/t26-/m0/s1. The highest BCUT2D eigenvalue weighted by Gasteiger charge is 2.36. The summed E-state index contributed by atoms with van der Waals surface area (Å²) in [5.74, 6) is 0.227. The van der Waals surface area contributed by atoms with Gasteiger partial charge in [-0.15, -0.1) is 0 Å². The summed E-state index contributed by atoms with van der Waals surface area (Å²) in [5, 5.41) is 10.2. The Balaban J connectivity index is 1.53. The number of hydrogen-bond donors (Lipinski definition) is 1. The molecule has 0 aromatic heterocycles. The van der Waals surface area contributed by atoms with Gasteiger partial charge in [-0.05, 0) is 63.5 Å². The van der Waals surface area contributed by atoms with Gasteiger partial charge in [0.25, 0.3) is 0 Å². The second-order valence-corrected chi connectivity index (χ2v) is 8.91. The maximum atomic E-state index is 12.9. The van der Waals surface area contributed by atoms with E-state index in [1.807, 2.05) is 11.0 Å². The fraction of sp³-hybridized carbons (Fsp3) is 0.500. The number of piperidine rings is 1. The van der Waals surface area contributed by atoms with Crippen LogP contribution in [0.2, 0.25) is 0 Å². The van der Waals surface area contributed by atoms with E-state index in [2.05, 4.69) is 56.3 Å². The van der Waals surface area contributed by atoms with Crippen molar-refractivity contribution in [1.29, 1.82) is 0 Å². The highest BCUT2D eigenvalue weighted by molar-refractivity contribution is 5.76. The number of aliphatic hydroxyl groups excluding tert-OH is 1. The van der Waals surface area contributed by atoms with Crippen molar-refractivity contribution in [1.82, 2.24) is 4.90 Å². The topological polar surface area (TPSA) is 40.5 Å². The Bertz CT molecular complexity index is 781. The maximum absolute atomic E-state index is 12.9. The Morgan fingerprint density at radius 1 is 1.03 bits per heavy atom. The average molecular weight is 394 g/mol. The van der Waals surface area contributed by atoms with Crippen LogP contribution in [-0.2, 0) is 17.6 Å². The predicted octanol–water partition coefficient (Wildman–Crippen LogP) is 4.86. The quantitative estimate of drug-likeness (QED) is 0.696. The molecule has 0 saturated carbocycles. The lowest BCUT2D eigenvalue weighted by molar-refractivity contribution is -0.135. The van der Waals surface area contributed by atoms with Crippen LogP contribution >= 0.6 is 0 Å². The molecule has 1 aliphatic rings. The van der Waals surface area contributed by atoms with E-state index in [1.165, 1.54) is 22.3 Å². The van der Waals surface area contributed by atoms with Gasteiger partial charge in [-0.25, -0.2) is 0 Å². The largest absolute Gasteiger partial charge is 0.396 e. The van der Waals surface area contributed by atoms with Crippen LogP contribution < -0.4 is 0 Å². The van der Waals surface area contributed by atoms with Gasteiger partial charge in [-0.1, -0.05) is 59.7 Å². The predicted molar refractivity (Wildman–Crippen MR) is 119 cm³/mol. The lowest BCUT2D eigenvalue weighted by atomic mass is 9.76. The number of carbonyl (C=O) groups excluding carboxylic acids is 1. The van der Waals surface area contributed by atoms with Crippen molar-refractivity contribution in [2.24, 2.45) is 5.41 Å². The van der Waals surface area contributed by atoms with Crippen LogP contribution in [0.15, 0.2) is 48.5 Å². The third-order valence-corrected chi connectivity index (χ3v) is 6.27. The minimum absolute atomic E-state index is 0.136. The molecule has 1 amide bonds. The molecule has 2 aromatic rings. The molecule has 1 fully saturated rings. The minimum Gasteiger partial charge on any atom is -0.396 e. The van der Waals surface area contributed by atoms with Gasteiger partial charge in [0.05, 0.1) is 6.61 Å². The number of rotatable bonds is 8. The molecule has 0 aliphatic carbocycles. The molecule has 1 N–H and O–H groups in total. The number of amides is 1. The van der Waals surface area contributed by atoms with E-state index in [1.54, 1.807) is 0 Å². The second kappa shape index (κ2) is 10.1. The van der Waals surface area contributed by atoms with E-state index in [4.69, 9.17) is 0 Å². The van der Waals surface area contributed by atoms with Gasteiger partial charge in [-0.2, -0.15) is 0 Å². The van der Waals surface area contributed by atoms with Crippen molar-refractivity contribution in [2.45, 2.75) is 58.8 Å². The van der Waals surface area contributed by atoms with E-state index in [0.29, 0.717) is 13.0 Å². The van der Waals surface area contributed by atoms with Crippen molar-refractivity contribution in [2.75, 3.05) is 19.7 Å². The summed E-state index contributed by atoms with van der Waals surface area (Å²) in [6.07, 6.45) is 6.39. The Hall–Kier alpha value is -2.13. The van der Waals surface area contributed by atoms with Crippen LogP contribution in [0, 0.1) is 19.3 Å². The van der Waals surface area contributed by atoms with E-state index in [0.717, 1.165) is 45.1 Å². The molecule has 0 unspecified atom stereocenters.